The Kier molecular flexibility index (Phi) is 6.75. The van der Waals surface area contributed by atoms with Gasteiger partial charge in [0.1, 0.15) is 0 Å². The van der Waals surface area contributed by atoms with Gasteiger partial charge in [-0.1, -0.05) is 43.9 Å². The van der Waals surface area contributed by atoms with Crippen molar-refractivity contribution in [1.29, 1.82) is 0 Å². The monoisotopic (exact) mass is 393 g/mol. The molecule has 0 fully saturated rings. The summed E-state index contributed by atoms with van der Waals surface area (Å²) in [6.07, 6.45) is 8.89. The molecule has 0 atom stereocenters. The zero-order valence-electron chi connectivity index (χ0n) is 14.9. The van der Waals surface area contributed by atoms with E-state index in [2.05, 4.69) is 10.9 Å². The van der Waals surface area contributed by atoms with Gasteiger partial charge in [0.05, 0.1) is 21.7 Å². The maximum atomic E-state index is 12.6. The number of aromatic nitrogens is 1. The summed E-state index contributed by atoms with van der Waals surface area (Å²) in [6, 6.07) is 4.56. The molecule has 140 valence electrons. The van der Waals surface area contributed by atoms with Crippen molar-refractivity contribution < 1.29 is 13.2 Å². The predicted molar refractivity (Wildman–Crippen MR) is 104 cm³/mol. The zero-order chi connectivity index (χ0) is 19.3. The van der Waals surface area contributed by atoms with Crippen molar-refractivity contribution >= 4 is 37.5 Å². The highest BCUT2D eigenvalue weighted by Gasteiger charge is 2.17. The topological polar surface area (TPSA) is 94.5 Å². The number of carbonyl (C=O) groups excluding carboxylic acids is 1. The Morgan fingerprint density at radius 2 is 2.00 bits per heavy atom. The molecule has 0 saturated heterocycles. The Bertz CT molecular complexity index is 1000. The van der Waals surface area contributed by atoms with E-state index < -0.39 is 10.0 Å². The number of carbonyl (C=O) groups is 1. The molecule has 2 rings (SSSR count). The number of nitrogens with two attached hydrogens (primary N) is 1. The SMILES string of the molecule is C#CCn1c(=NC(=O)C(CCC)CCC)sc2cc(S(N)(=O)=O)ccc21. The van der Waals surface area contributed by atoms with Gasteiger partial charge < -0.3 is 4.57 Å². The first-order valence-electron chi connectivity index (χ1n) is 8.50. The zero-order valence-corrected chi connectivity index (χ0v) is 16.6. The largest absolute Gasteiger partial charge is 0.305 e. The molecule has 1 aromatic heterocycles. The van der Waals surface area contributed by atoms with Crippen LogP contribution in [0.25, 0.3) is 10.2 Å². The molecular formula is C18H23N3O3S2. The second kappa shape index (κ2) is 8.62. The van der Waals surface area contributed by atoms with Gasteiger partial charge in [0.25, 0.3) is 5.91 Å². The van der Waals surface area contributed by atoms with Crippen LogP contribution in [-0.4, -0.2) is 18.9 Å². The fraction of sp³-hybridized carbons (Fsp3) is 0.444. The number of hydrogen-bond donors (Lipinski definition) is 1. The minimum absolute atomic E-state index is 0.0202. The van der Waals surface area contributed by atoms with Gasteiger partial charge in [-0.15, -0.1) is 6.42 Å². The highest BCUT2D eigenvalue weighted by Crippen LogP contribution is 2.22. The van der Waals surface area contributed by atoms with Crippen LogP contribution >= 0.6 is 11.3 Å². The lowest BCUT2D eigenvalue weighted by atomic mass is 9.98. The van der Waals surface area contributed by atoms with E-state index >= 15 is 0 Å². The number of primary sulfonamides is 1. The second-order valence-corrected chi connectivity index (χ2v) is 8.64. The second-order valence-electron chi connectivity index (χ2n) is 6.07. The molecule has 1 aromatic carbocycles. The number of sulfonamides is 1. The third-order valence-electron chi connectivity index (χ3n) is 4.06. The van der Waals surface area contributed by atoms with Gasteiger partial charge >= 0.3 is 0 Å². The first kappa shape index (κ1) is 20.4. The third kappa shape index (κ3) is 4.61. The molecule has 2 N–H and O–H groups in total. The number of benzene rings is 1. The van der Waals surface area contributed by atoms with Gasteiger partial charge in [-0.3, -0.25) is 4.79 Å². The minimum atomic E-state index is -3.80. The van der Waals surface area contributed by atoms with Gasteiger partial charge in [-0.25, -0.2) is 13.6 Å². The van der Waals surface area contributed by atoms with E-state index in [0.717, 1.165) is 31.2 Å². The van der Waals surface area contributed by atoms with E-state index in [-0.39, 0.29) is 23.3 Å². The van der Waals surface area contributed by atoms with Crippen LogP contribution in [-0.2, 0) is 21.4 Å². The number of terminal acetylenes is 1. The number of nitrogens with zero attached hydrogens (tertiary/aromatic N) is 2. The average Bonchev–Trinajstić information content (AvgIpc) is 2.91. The molecule has 0 saturated carbocycles. The summed E-state index contributed by atoms with van der Waals surface area (Å²) < 4.78 is 25.6. The van der Waals surface area contributed by atoms with Crippen molar-refractivity contribution in [2.24, 2.45) is 16.0 Å². The number of thiazole rings is 1. The number of hydrogen-bond acceptors (Lipinski definition) is 4. The lowest BCUT2D eigenvalue weighted by molar-refractivity contribution is -0.122. The van der Waals surface area contributed by atoms with Crippen molar-refractivity contribution in [3.63, 3.8) is 0 Å². The van der Waals surface area contributed by atoms with E-state index in [0.29, 0.717) is 9.50 Å². The first-order chi connectivity index (χ1) is 12.3. The predicted octanol–water partition coefficient (Wildman–Crippen LogP) is 2.63. The van der Waals surface area contributed by atoms with Gasteiger partial charge in [0.15, 0.2) is 4.80 Å². The fourth-order valence-corrected chi connectivity index (χ4v) is 4.52. The molecular weight excluding hydrogens is 370 g/mol. The highest BCUT2D eigenvalue weighted by atomic mass is 32.2. The molecule has 1 amide bonds. The van der Waals surface area contributed by atoms with Crippen LogP contribution in [0.2, 0.25) is 0 Å². The summed E-state index contributed by atoms with van der Waals surface area (Å²) in [5, 5.41) is 5.20. The summed E-state index contributed by atoms with van der Waals surface area (Å²) in [5.41, 5.74) is 0.731. The number of fused-ring (bicyclic) bond motifs is 1. The minimum Gasteiger partial charge on any atom is -0.305 e. The third-order valence-corrected chi connectivity index (χ3v) is 6.01. The van der Waals surface area contributed by atoms with Crippen LogP contribution in [0.1, 0.15) is 39.5 Å². The van der Waals surface area contributed by atoms with E-state index in [1.54, 1.807) is 10.6 Å². The molecule has 6 nitrogen and oxygen atoms in total. The summed E-state index contributed by atoms with van der Waals surface area (Å²) in [7, 11) is -3.80. The smallest absolute Gasteiger partial charge is 0.251 e. The quantitative estimate of drug-likeness (QED) is 0.733. The standard InChI is InChI=1S/C18H23N3O3S2/c1-4-7-13(8-5-2)17(22)20-18-21(11-6-3)15-10-9-14(26(19,23)24)12-16(15)25-18/h3,9-10,12-13H,4-5,7-8,11H2,1-2H3,(H2,19,23,24). The molecule has 26 heavy (non-hydrogen) atoms. The van der Waals surface area contributed by atoms with Crippen LogP contribution < -0.4 is 9.94 Å². The Labute approximate surface area is 157 Å². The van der Waals surface area contributed by atoms with Crippen LogP contribution in [0.15, 0.2) is 28.1 Å². The summed E-state index contributed by atoms with van der Waals surface area (Å²) >= 11 is 1.24. The average molecular weight is 394 g/mol. The molecule has 1 heterocycles. The van der Waals surface area contributed by atoms with Crippen LogP contribution in [0.4, 0.5) is 0 Å². The first-order valence-corrected chi connectivity index (χ1v) is 10.9. The maximum absolute atomic E-state index is 12.6. The Morgan fingerprint density at radius 1 is 1.35 bits per heavy atom. The molecule has 0 aliphatic rings. The van der Waals surface area contributed by atoms with Gasteiger partial charge in [-0.2, -0.15) is 4.99 Å². The molecule has 2 aromatic rings. The van der Waals surface area contributed by atoms with Crippen molar-refractivity contribution in [3.8, 4) is 12.3 Å². The number of rotatable bonds is 7. The molecule has 0 radical (unpaired) electrons. The molecule has 0 aliphatic heterocycles. The van der Waals surface area contributed by atoms with E-state index in [1.807, 2.05) is 13.8 Å². The Morgan fingerprint density at radius 3 is 2.54 bits per heavy atom. The van der Waals surface area contributed by atoms with Crippen molar-refractivity contribution in [2.75, 3.05) is 0 Å². The molecule has 8 heteroatoms. The fourth-order valence-electron chi connectivity index (χ4n) is 2.83. The Hall–Kier alpha value is -1.95. The van der Waals surface area contributed by atoms with Gasteiger partial charge in [0.2, 0.25) is 10.0 Å². The Balaban J connectivity index is 2.59. The number of amides is 1. The molecule has 0 aliphatic carbocycles. The van der Waals surface area contributed by atoms with Gasteiger partial charge in [0, 0.05) is 5.92 Å². The van der Waals surface area contributed by atoms with Crippen molar-refractivity contribution in [3.05, 3.63) is 23.0 Å². The van der Waals surface area contributed by atoms with Crippen molar-refractivity contribution in [1.82, 2.24) is 4.57 Å². The van der Waals surface area contributed by atoms with E-state index in [1.165, 1.54) is 23.5 Å². The summed E-state index contributed by atoms with van der Waals surface area (Å²) in [4.78, 5) is 17.4. The van der Waals surface area contributed by atoms with E-state index in [9.17, 15) is 13.2 Å². The lowest BCUT2D eigenvalue weighted by Gasteiger charge is -2.10. The van der Waals surface area contributed by atoms with Crippen LogP contribution in [0, 0.1) is 18.3 Å². The molecule has 0 spiro atoms. The van der Waals surface area contributed by atoms with Gasteiger partial charge in [-0.05, 0) is 31.0 Å². The summed E-state index contributed by atoms with van der Waals surface area (Å²) in [6.45, 7) is 4.33. The van der Waals surface area contributed by atoms with E-state index in [4.69, 9.17) is 11.6 Å². The summed E-state index contributed by atoms with van der Waals surface area (Å²) in [5.74, 6) is 2.30. The normalized spacial score (nSPS) is 12.7. The van der Waals surface area contributed by atoms with Crippen molar-refractivity contribution in [2.45, 2.75) is 51.0 Å². The van der Waals surface area contributed by atoms with Crippen LogP contribution in [0.5, 0.6) is 0 Å². The lowest BCUT2D eigenvalue weighted by Crippen LogP contribution is -2.20. The molecule has 0 bridgehead atoms. The van der Waals surface area contributed by atoms with Crippen LogP contribution in [0.3, 0.4) is 0 Å². The molecule has 0 unspecified atom stereocenters. The highest BCUT2D eigenvalue weighted by molar-refractivity contribution is 7.89. The maximum Gasteiger partial charge on any atom is 0.251 e.